The van der Waals surface area contributed by atoms with Gasteiger partial charge in [-0.15, -0.1) is 0 Å². The van der Waals surface area contributed by atoms with Gasteiger partial charge in [0, 0.05) is 22.7 Å². The molecule has 9 heteroatoms. The number of rotatable bonds is 7. The number of urea groups is 1. The van der Waals surface area contributed by atoms with Gasteiger partial charge in [0.1, 0.15) is 18.0 Å². The number of halogens is 1. The van der Waals surface area contributed by atoms with E-state index >= 15 is 0 Å². The number of hydrogen-bond donors (Lipinski definition) is 1. The second kappa shape index (κ2) is 9.98. The van der Waals surface area contributed by atoms with E-state index in [2.05, 4.69) is 5.32 Å². The van der Waals surface area contributed by atoms with Gasteiger partial charge in [0.25, 0.3) is 11.8 Å². The van der Waals surface area contributed by atoms with Crippen LogP contribution in [0, 0.1) is 5.82 Å². The van der Waals surface area contributed by atoms with Crippen LogP contribution < -0.4 is 19.7 Å². The highest BCUT2D eigenvalue weighted by Crippen LogP contribution is 2.29. The van der Waals surface area contributed by atoms with Crippen molar-refractivity contribution in [3.8, 4) is 11.5 Å². The topological polar surface area (TPSA) is 89.9 Å². The van der Waals surface area contributed by atoms with Gasteiger partial charge in [-0.25, -0.2) is 14.1 Å². The lowest BCUT2D eigenvalue weighted by Gasteiger charge is -2.26. The molecule has 0 atom stereocenters. The summed E-state index contributed by atoms with van der Waals surface area (Å²) in [6.45, 7) is 0.811. The summed E-state index contributed by atoms with van der Waals surface area (Å²) in [5.74, 6) is -1.27. The zero-order valence-corrected chi connectivity index (χ0v) is 19.8. The number of nitrogens with one attached hydrogen (secondary N) is 1. The minimum Gasteiger partial charge on any atom is -0.493 e. The van der Waals surface area contributed by atoms with E-state index in [-0.39, 0.29) is 11.3 Å². The van der Waals surface area contributed by atoms with Crippen LogP contribution in [-0.4, -0.2) is 36.1 Å². The van der Waals surface area contributed by atoms with Crippen LogP contribution in [0.5, 0.6) is 11.5 Å². The monoisotopic (exact) mass is 499 g/mol. The first-order valence-corrected chi connectivity index (χ1v) is 11.5. The molecule has 1 fully saturated rings. The van der Waals surface area contributed by atoms with Crippen LogP contribution in [0.1, 0.15) is 5.56 Å². The van der Waals surface area contributed by atoms with Gasteiger partial charge in [0.05, 0.1) is 19.3 Å². The number of imide groups is 2. The first kappa shape index (κ1) is 23.8. The van der Waals surface area contributed by atoms with Crippen LogP contribution in [0.4, 0.5) is 14.9 Å². The molecule has 1 aliphatic heterocycles. The number of aromatic nitrogens is 1. The maximum absolute atomic E-state index is 14.4. The minimum absolute atomic E-state index is 0.237. The van der Waals surface area contributed by atoms with Crippen molar-refractivity contribution in [1.82, 2.24) is 9.88 Å². The van der Waals surface area contributed by atoms with Crippen molar-refractivity contribution in [1.29, 1.82) is 0 Å². The van der Waals surface area contributed by atoms with Gasteiger partial charge in [-0.2, -0.15) is 0 Å². The first-order chi connectivity index (χ1) is 18.0. The summed E-state index contributed by atoms with van der Waals surface area (Å²) >= 11 is 0. The number of methoxy groups -OCH3 is 1. The predicted octanol–water partition coefficient (Wildman–Crippen LogP) is 4.53. The fourth-order valence-corrected chi connectivity index (χ4v) is 4.23. The minimum atomic E-state index is -1.01. The van der Waals surface area contributed by atoms with Crippen molar-refractivity contribution in [3.05, 3.63) is 95.9 Å². The zero-order valence-electron chi connectivity index (χ0n) is 19.8. The fourth-order valence-electron chi connectivity index (χ4n) is 4.23. The number of carbonyl (C=O) groups excluding carboxylic acids is 3. The van der Waals surface area contributed by atoms with E-state index in [0.717, 1.165) is 17.0 Å². The average molecular weight is 499 g/mol. The number of ether oxygens (including phenoxy) is 2. The van der Waals surface area contributed by atoms with Crippen molar-refractivity contribution in [2.45, 2.75) is 6.54 Å². The van der Waals surface area contributed by atoms with Gasteiger partial charge < -0.3 is 14.0 Å². The molecule has 0 aliphatic carbocycles. The van der Waals surface area contributed by atoms with Crippen LogP contribution in [0.25, 0.3) is 17.0 Å². The molecule has 1 saturated heterocycles. The van der Waals surface area contributed by atoms with E-state index in [4.69, 9.17) is 9.47 Å². The maximum atomic E-state index is 14.4. The van der Waals surface area contributed by atoms with Gasteiger partial charge in [0.2, 0.25) is 0 Å². The molecule has 5 rings (SSSR count). The lowest BCUT2D eigenvalue weighted by molar-refractivity contribution is -0.122. The smallest absolute Gasteiger partial charge is 0.336 e. The third kappa shape index (κ3) is 4.54. The summed E-state index contributed by atoms with van der Waals surface area (Å²) < 4.78 is 27.5. The van der Waals surface area contributed by atoms with Gasteiger partial charge in [-0.05, 0) is 36.4 Å². The predicted molar refractivity (Wildman–Crippen MR) is 136 cm³/mol. The Morgan fingerprint density at radius 1 is 0.919 bits per heavy atom. The highest BCUT2D eigenvalue weighted by atomic mass is 19.1. The molecule has 0 unspecified atom stereocenters. The molecule has 2 heterocycles. The molecule has 4 aromatic rings. The molecule has 4 amide bonds. The number of barbiturate groups is 1. The molecular weight excluding hydrogens is 477 g/mol. The number of fused-ring (bicyclic) bond motifs is 1. The molecule has 0 spiro atoms. The third-order valence-electron chi connectivity index (χ3n) is 5.97. The second-order valence-electron chi connectivity index (χ2n) is 8.20. The highest BCUT2D eigenvalue weighted by Gasteiger charge is 2.38. The van der Waals surface area contributed by atoms with Crippen LogP contribution >= 0.6 is 0 Å². The number of hydrogen-bond acceptors (Lipinski definition) is 5. The van der Waals surface area contributed by atoms with Crippen LogP contribution in [0.15, 0.2) is 84.6 Å². The zero-order chi connectivity index (χ0) is 25.9. The number of para-hydroxylation sites is 4. The first-order valence-electron chi connectivity index (χ1n) is 11.5. The Balaban J connectivity index is 1.46. The normalized spacial score (nSPS) is 14.8. The molecule has 0 radical (unpaired) electrons. The number of anilines is 1. The molecule has 1 aliphatic rings. The standard InChI is InChI=1S/C28H22FN3O5/c1-36-24-12-6-7-13-25(24)37-15-14-31-17-18(19-8-2-4-10-22(19)31)16-20-26(33)30-28(35)32(27(20)34)23-11-5-3-9-21(23)29/h2-13,16-17H,14-15H2,1H3,(H,30,33,35). The molecule has 0 saturated carbocycles. The van der Waals surface area contributed by atoms with Gasteiger partial charge in [-0.3, -0.25) is 14.9 Å². The van der Waals surface area contributed by atoms with Crippen molar-refractivity contribution in [3.63, 3.8) is 0 Å². The second-order valence-corrected chi connectivity index (χ2v) is 8.20. The van der Waals surface area contributed by atoms with Crippen molar-refractivity contribution in [2.75, 3.05) is 18.6 Å². The SMILES string of the molecule is COc1ccccc1OCCn1cc(C=C2C(=O)NC(=O)N(c3ccccc3F)C2=O)c2ccccc21. The number of nitrogens with zero attached hydrogens (tertiary/aromatic N) is 2. The number of benzene rings is 3. The maximum Gasteiger partial charge on any atom is 0.336 e. The summed E-state index contributed by atoms with van der Waals surface area (Å²) in [5, 5.41) is 2.92. The molecule has 0 bridgehead atoms. The molecule has 8 nitrogen and oxygen atoms in total. The molecule has 1 aromatic heterocycles. The molecule has 37 heavy (non-hydrogen) atoms. The third-order valence-corrected chi connectivity index (χ3v) is 5.97. The fraction of sp³-hybridized carbons (Fsp3) is 0.107. The summed E-state index contributed by atoms with van der Waals surface area (Å²) in [4.78, 5) is 38.9. The van der Waals surface area contributed by atoms with Crippen LogP contribution in [-0.2, 0) is 16.1 Å². The van der Waals surface area contributed by atoms with E-state index in [9.17, 15) is 18.8 Å². The summed E-state index contributed by atoms with van der Waals surface area (Å²) in [7, 11) is 1.57. The average Bonchev–Trinajstić information content (AvgIpc) is 3.25. The summed E-state index contributed by atoms with van der Waals surface area (Å²) in [6.07, 6.45) is 3.21. The van der Waals surface area contributed by atoms with Crippen LogP contribution in [0.3, 0.4) is 0 Å². The Bertz CT molecular complexity index is 1560. The van der Waals surface area contributed by atoms with E-state index in [1.165, 1.54) is 24.3 Å². The largest absolute Gasteiger partial charge is 0.493 e. The quantitative estimate of drug-likeness (QED) is 0.298. The lowest BCUT2D eigenvalue weighted by Crippen LogP contribution is -2.54. The van der Waals surface area contributed by atoms with Gasteiger partial charge >= 0.3 is 6.03 Å². The van der Waals surface area contributed by atoms with E-state index < -0.39 is 23.7 Å². The van der Waals surface area contributed by atoms with Gasteiger partial charge in [-0.1, -0.05) is 42.5 Å². The Hall–Kier alpha value is -4.92. The molecule has 3 aromatic carbocycles. The summed E-state index contributed by atoms with van der Waals surface area (Å²) in [5.41, 5.74) is 0.938. The van der Waals surface area contributed by atoms with Crippen molar-refractivity contribution >= 4 is 40.5 Å². The Morgan fingerprint density at radius 3 is 2.41 bits per heavy atom. The van der Waals surface area contributed by atoms with Crippen molar-refractivity contribution < 1.29 is 28.2 Å². The Labute approximate surface area is 211 Å². The molecule has 186 valence electrons. The highest BCUT2D eigenvalue weighted by molar-refractivity contribution is 6.39. The van der Waals surface area contributed by atoms with E-state index in [1.807, 2.05) is 53.1 Å². The Kier molecular flexibility index (Phi) is 6.42. The van der Waals surface area contributed by atoms with Crippen molar-refractivity contribution in [2.24, 2.45) is 0 Å². The van der Waals surface area contributed by atoms with Crippen LogP contribution in [0.2, 0.25) is 0 Å². The Morgan fingerprint density at radius 2 is 1.62 bits per heavy atom. The van der Waals surface area contributed by atoms with Gasteiger partial charge in [0.15, 0.2) is 11.5 Å². The van der Waals surface area contributed by atoms with E-state index in [0.29, 0.717) is 35.1 Å². The number of carbonyl (C=O) groups is 3. The molecule has 1 N–H and O–H groups in total. The lowest BCUT2D eigenvalue weighted by atomic mass is 10.1. The number of amides is 4. The molecular formula is C28H22FN3O5. The summed E-state index contributed by atoms with van der Waals surface area (Å²) in [6, 6.07) is 19.2. The van der Waals surface area contributed by atoms with E-state index in [1.54, 1.807) is 13.3 Å².